The third-order valence-electron chi connectivity index (χ3n) is 7.32. The summed E-state index contributed by atoms with van der Waals surface area (Å²) in [6.07, 6.45) is 0.907. The number of benzene rings is 3. The Labute approximate surface area is 253 Å². The van der Waals surface area contributed by atoms with Crippen molar-refractivity contribution in [3.8, 4) is 11.5 Å². The summed E-state index contributed by atoms with van der Waals surface area (Å²) in [5.74, 6) is 1.24. The molecule has 43 heavy (non-hydrogen) atoms. The molecule has 0 unspecified atom stereocenters. The van der Waals surface area contributed by atoms with Gasteiger partial charge in [-0.15, -0.1) is 0 Å². The van der Waals surface area contributed by atoms with Crippen molar-refractivity contribution in [3.63, 3.8) is 0 Å². The van der Waals surface area contributed by atoms with Crippen LogP contribution in [0.3, 0.4) is 0 Å². The first-order valence-electron chi connectivity index (χ1n) is 14.2. The van der Waals surface area contributed by atoms with Gasteiger partial charge in [0.15, 0.2) is 16.7 Å². The predicted octanol–water partition coefficient (Wildman–Crippen LogP) is 4.93. The van der Waals surface area contributed by atoms with E-state index < -0.39 is 11.3 Å². The maximum Gasteiger partial charge on any atom is 0.259 e. The van der Waals surface area contributed by atoms with E-state index in [0.29, 0.717) is 41.2 Å². The number of nitrogens with one attached hydrogen (secondary N) is 2. The number of aryl methyl sites for hydroxylation is 1. The van der Waals surface area contributed by atoms with Crippen molar-refractivity contribution in [2.45, 2.75) is 50.9 Å². The fourth-order valence-corrected chi connectivity index (χ4v) is 6.09. The number of hydrogen-bond acceptors (Lipinski definition) is 8. The van der Waals surface area contributed by atoms with E-state index in [-0.39, 0.29) is 37.4 Å². The molecular weight excluding hydrogens is 566 g/mol. The lowest BCUT2D eigenvalue weighted by Gasteiger charge is -2.27. The molecule has 3 aromatic rings. The van der Waals surface area contributed by atoms with E-state index >= 15 is 0 Å². The number of fused-ring (bicyclic) bond motifs is 4. The van der Waals surface area contributed by atoms with Gasteiger partial charge in [0.1, 0.15) is 11.9 Å². The van der Waals surface area contributed by atoms with Crippen molar-refractivity contribution < 1.29 is 23.9 Å². The molecule has 3 amide bonds. The number of nitrogens with zero attached hydrogens (tertiary/aromatic N) is 3. The number of carbonyl (C=O) groups excluding carboxylic acids is 3. The molecule has 2 atom stereocenters. The number of rotatable bonds is 9. The largest absolute Gasteiger partial charge is 0.454 e. The first-order chi connectivity index (χ1) is 20.9. The lowest BCUT2D eigenvalue weighted by Crippen LogP contribution is -2.42. The molecule has 0 aliphatic carbocycles. The van der Waals surface area contributed by atoms with E-state index in [2.05, 4.69) is 10.6 Å². The normalized spacial score (nSPS) is 17.0. The first kappa shape index (κ1) is 28.5. The van der Waals surface area contributed by atoms with Crippen LogP contribution in [0.1, 0.15) is 42.9 Å². The molecule has 10 nitrogen and oxygen atoms in total. The van der Waals surface area contributed by atoms with Crippen LogP contribution < -0.4 is 20.1 Å². The Morgan fingerprint density at radius 3 is 2.74 bits per heavy atom. The molecule has 0 radical (unpaired) electrons. The van der Waals surface area contributed by atoms with E-state index in [1.165, 1.54) is 16.7 Å². The Hall–Kier alpha value is -4.64. The second kappa shape index (κ2) is 12.3. The number of amides is 3. The van der Waals surface area contributed by atoms with Gasteiger partial charge in [-0.05, 0) is 67.3 Å². The van der Waals surface area contributed by atoms with Crippen molar-refractivity contribution in [1.82, 2.24) is 10.2 Å². The third-order valence-corrected chi connectivity index (χ3v) is 8.63. The standard InChI is InChI=1S/C32H31N5O5S/c1-3-27(30(39)34-21-8-6-7-19(2)15-21)43-32-36-23-10-5-4-9-22(23)29-35-24(31(40)37(29)32)12-14-28(38)33-17-20-11-13-25-26(16-20)42-18-41-25/h4-11,13,15-16,24,27H,3,12,14,17-18H2,1-2H3,(H,33,38)(H,34,39)/t24-,27+/m0/s1. The number of thioether (sulfide) groups is 1. The lowest BCUT2D eigenvalue weighted by atomic mass is 10.1. The van der Waals surface area contributed by atoms with Crippen LogP contribution >= 0.6 is 11.8 Å². The molecule has 0 bridgehead atoms. The van der Waals surface area contributed by atoms with Gasteiger partial charge in [0.05, 0.1) is 10.9 Å². The fraction of sp³-hybridized carbons (Fsp3) is 0.281. The van der Waals surface area contributed by atoms with Crippen molar-refractivity contribution in [2.75, 3.05) is 12.1 Å². The molecule has 3 aliphatic heterocycles. The SMILES string of the molecule is CC[C@@H](SC1=Nc2ccccc2C2=N[C@@H](CCC(=O)NCc3ccc4c(c3)OCO4)C(=O)N12)C(=O)Nc1cccc(C)c1. The predicted molar refractivity (Wildman–Crippen MR) is 166 cm³/mol. The minimum atomic E-state index is -0.732. The van der Waals surface area contributed by atoms with Crippen LogP contribution in [0.25, 0.3) is 0 Å². The van der Waals surface area contributed by atoms with Crippen LogP contribution in [-0.2, 0) is 20.9 Å². The maximum atomic E-state index is 13.7. The van der Waals surface area contributed by atoms with Crippen LogP contribution in [0, 0.1) is 6.92 Å². The highest BCUT2D eigenvalue weighted by molar-refractivity contribution is 8.15. The second-order valence-corrected chi connectivity index (χ2v) is 11.6. The Morgan fingerprint density at radius 2 is 1.91 bits per heavy atom. The zero-order valence-corrected chi connectivity index (χ0v) is 24.6. The average Bonchev–Trinajstić information content (AvgIpc) is 3.61. The average molecular weight is 598 g/mol. The van der Waals surface area contributed by atoms with E-state index in [0.717, 1.165) is 22.4 Å². The number of amidine groups is 2. The molecule has 3 aliphatic rings. The Bertz CT molecular complexity index is 1650. The summed E-state index contributed by atoms with van der Waals surface area (Å²) in [6.45, 7) is 4.42. The molecule has 3 heterocycles. The number of para-hydroxylation sites is 1. The van der Waals surface area contributed by atoms with Crippen molar-refractivity contribution in [3.05, 3.63) is 83.4 Å². The summed E-state index contributed by atoms with van der Waals surface area (Å²) in [5.41, 5.74) is 4.08. The Balaban J connectivity index is 1.13. The molecule has 2 N–H and O–H groups in total. The van der Waals surface area contributed by atoms with Gasteiger partial charge in [0, 0.05) is 24.2 Å². The summed E-state index contributed by atoms with van der Waals surface area (Å²) in [5, 5.41) is 5.81. The summed E-state index contributed by atoms with van der Waals surface area (Å²) in [4.78, 5) is 50.7. The van der Waals surface area contributed by atoms with E-state index in [4.69, 9.17) is 19.5 Å². The molecule has 6 rings (SSSR count). The van der Waals surface area contributed by atoms with Gasteiger partial charge < -0.3 is 20.1 Å². The third kappa shape index (κ3) is 6.12. The molecular formula is C32H31N5O5S. The molecule has 220 valence electrons. The highest BCUT2D eigenvalue weighted by atomic mass is 32.2. The van der Waals surface area contributed by atoms with Crippen LogP contribution in [0.5, 0.6) is 11.5 Å². The number of ether oxygens (including phenoxy) is 2. The summed E-state index contributed by atoms with van der Waals surface area (Å²) in [7, 11) is 0. The van der Waals surface area contributed by atoms with Crippen LogP contribution in [0.2, 0.25) is 0 Å². The van der Waals surface area contributed by atoms with Gasteiger partial charge in [-0.2, -0.15) is 0 Å². The van der Waals surface area contributed by atoms with Crippen LogP contribution in [0.4, 0.5) is 11.4 Å². The number of anilines is 1. The van der Waals surface area contributed by atoms with Crippen molar-refractivity contribution in [1.29, 1.82) is 0 Å². The Morgan fingerprint density at radius 1 is 1.07 bits per heavy atom. The lowest BCUT2D eigenvalue weighted by molar-refractivity contribution is -0.125. The molecule has 0 saturated carbocycles. The number of aliphatic imine (C=N–C) groups is 2. The quantitative estimate of drug-likeness (QED) is 0.361. The van der Waals surface area contributed by atoms with Crippen LogP contribution in [-0.4, -0.2) is 51.7 Å². The highest BCUT2D eigenvalue weighted by Gasteiger charge is 2.42. The van der Waals surface area contributed by atoms with Crippen molar-refractivity contribution >= 4 is 51.9 Å². The van der Waals surface area contributed by atoms with E-state index in [1.54, 1.807) is 0 Å². The first-order valence-corrected chi connectivity index (χ1v) is 15.1. The van der Waals surface area contributed by atoms with Gasteiger partial charge in [0.25, 0.3) is 5.91 Å². The Kier molecular flexibility index (Phi) is 8.15. The monoisotopic (exact) mass is 597 g/mol. The minimum absolute atomic E-state index is 0.128. The smallest absolute Gasteiger partial charge is 0.259 e. The molecule has 3 aromatic carbocycles. The van der Waals surface area contributed by atoms with Gasteiger partial charge in [-0.3, -0.25) is 19.4 Å². The topological polar surface area (TPSA) is 122 Å². The van der Waals surface area contributed by atoms with Gasteiger partial charge >= 0.3 is 0 Å². The van der Waals surface area contributed by atoms with Gasteiger partial charge in [-0.25, -0.2) is 9.89 Å². The summed E-state index contributed by atoms with van der Waals surface area (Å²) >= 11 is 1.25. The maximum absolute atomic E-state index is 13.7. The van der Waals surface area contributed by atoms with Crippen LogP contribution in [0.15, 0.2) is 76.7 Å². The van der Waals surface area contributed by atoms with E-state index in [9.17, 15) is 14.4 Å². The highest BCUT2D eigenvalue weighted by Crippen LogP contribution is 2.36. The number of hydrogen-bond donors (Lipinski definition) is 2. The summed E-state index contributed by atoms with van der Waals surface area (Å²) in [6, 6.07) is 19.9. The molecule has 0 aromatic heterocycles. The zero-order chi connectivity index (χ0) is 29.9. The number of carbonyl (C=O) groups is 3. The van der Waals surface area contributed by atoms with Gasteiger partial charge in [-0.1, -0.05) is 49.0 Å². The molecule has 0 saturated heterocycles. The molecule has 11 heteroatoms. The molecule has 0 fully saturated rings. The summed E-state index contributed by atoms with van der Waals surface area (Å²) < 4.78 is 10.7. The zero-order valence-electron chi connectivity index (χ0n) is 23.8. The fourth-order valence-electron chi connectivity index (χ4n) is 5.07. The molecule has 0 spiro atoms. The second-order valence-electron chi connectivity index (χ2n) is 10.4. The van der Waals surface area contributed by atoms with Crippen molar-refractivity contribution in [2.24, 2.45) is 9.98 Å². The minimum Gasteiger partial charge on any atom is -0.454 e. The van der Waals surface area contributed by atoms with Gasteiger partial charge in [0.2, 0.25) is 18.6 Å². The van der Waals surface area contributed by atoms with E-state index in [1.807, 2.05) is 80.6 Å².